The van der Waals surface area contributed by atoms with Crippen molar-refractivity contribution >= 4 is 33.0 Å². The molecule has 0 unspecified atom stereocenters. The number of nitrogens with zero attached hydrogens (tertiary/aromatic N) is 1. The zero-order valence-electron chi connectivity index (χ0n) is 16.5. The minimum atomic E-state index is -3.25. The van der Waals surface area contributed by atoms with Crippen LogP contribution in [0.3, 0.4) is 0 Å². The molecule has 2 heterocycles. The van der Waals surface area contributed by atoms with E-state index in [1.807, 2.05) is 54.6 Å². The van der Waals surface area contributed by atoms with Gasteiger partial charge in [0.1, 0.15) is 0 Å². The summed E-state index contributed by atoms with van der Waals surface area (Å²) >= 11 is 12.1. The third-order valence-electron chi connectivity index (χ3n) is 5.44. The molecular weight excluding hydrogens is 439 g/mol. The monoisotopic (exact) mass is 462 g/mol. The lowest BCUT2D eigenvalue weighted by molar-refractivity contribution is 0.202. The summed E-state index contributed by atoms with van der Waals surface area (Å²) in [4.78, 5) is 2.26. The van der Waals surface area contributed by atoms with E-state index in [1.165, 1.54) is 5.41 Å². The number of likely N-dealkylation sites (tertiary alicyclic amines) is 1. The van der Waals surface area contributed by atoms with Gasteiger partial charge in [0.2, 0.25) is 0 Å². The van der Waals surface area contributed by atoms with Crippen molar-refractivity contribution in [2.75, 3.05) is 31.9 Å². The SMILES string of the molecule is O=S(=O)(C=C1CN(C(c2ccc(Cl)cc2)c2ccc(Cl)cc2)C1)CC1=CCNCC1. The maximum atomic E-state index is 12.6. The average Bonchev–Trinajstić information content (AvgIpc) is 2.69. The van der Waals surface area contributed by atoms with E-state index < -0.39 is 9.84 Å². The molecule has 0 spiro atoms. The summed E-state index contributed by atoms with van der Waals surface area (Å²) in [7, 11) is -3.25. The number of rotatable bonds is 6. The van der Waals surface area contributed by atoms with Crippen LogP contribution in [0.4, 0.5) is 0 Å². The van der Waals surface area contributed by atoms with E-state index in [2.05, 4.69) is 10.2 Å². The molecule has 1 N–H and O–H groups in total. The largest absolute Gasteiger partial charge is 0.313 e. The molecule has 2 aliphatic rings. The van der Waals surface area contributed by atoms with Crippen LogP contribution in [0.2, 0.25) is 10.0 Å². The molecule has 2 aliphatic heterocycles. The second-order valence-corrected chi connectivity index (χ2v) is 10.5. The molecule has 2 aromatic rings. The van der Waals surface area contributed by atoms with Crippen LogP contribution in [0, 0.1) is 0 Å². The number of hydrogen-bond donors (Lipinski definition) is 1. The maximum absolute atomic E-state index is 12.6. The molecular formula is C23H24Cl2N2O2S. The van der Waals surface area contributed by atoms with E-state index >= 15 is 0 Å². The Bertz CT molecular complexity index is 1010. The molecule has 30 heavy (non-hydrogen) atoms. The van der Waals surface area contributed by atoms with Crippen LogP contribution < -0.4 is 5.32 Å². The topological polar surface area (TPSA) is 49.4 Å². The predicted octanol–water partition coefficient (Wildman–Crippen LogP) is 4.62. The second-order valence-electron chi connectivity index (χ2n) is 7.81. The van der Waals surface area contributed by atoms with Crippen LogP contribution in [-0.4, -0.2) is 45.2 Å². The van der Waals surface area contributed by atoms with Gasteiger partial charge in [-0.1, -0.05) is 59.1 Å². The molecule has 1 fully saturated rings. The molecule has 4 rings (SSSR count). The maximum Gasteiger partial charge on any atom is 0.175 e. The zero-order valence-corrected chi connectivity index (χ0v) is 18.8. The summed E-state index contributed by atoms with van der Waals surface area (Å²) in [5.41, 5.74) is 4.17. The fraction of sp³-hybridized carbons (Fsp3) is 0.304. The Kier molecular flexibility index (Phi) is 6.66. The van der Waals surface area contributed by atoms with Crippen molar-refractivity contribution in [1.29, 1.82) is 0 Å². The molecule has 0 bridgehead atoms. The number of benzene rings is 2. The summed E-state index contributed by atoms with van der Waals surface area (Å²) in [6.45, 7) is 2.83. The third kappa shape index (κ3) is 5.34. The fourth-order valence-corrected chi connectivity index (χ4v) is 5.76. The van der Waals surface area contributed by atoms with Crippen molar-refractivity contribution in [1.82, 2.24) is 10.2 Å². The molecule has 4 nitrogen and oxygen atoms in total. The van der Waals surface area contributed by atoms with Crippen LogP contribution in [0.25, 0.3) is 0 Å². The minimum Gasteiger partial charge on any atom is -0.313 e. The molecule has 2 aromatic carbocycles. The summed E-state index contributed by atoms with van der Waals surface area (Å²) in [6, 6.07) is 15.6. The highest BCUT2D eigenvalue weighted by Gasteiger charge is 2.31. The Morgan fingerprint density at radius 1 is 0.967 bits per heavy atom. The Morgan fingerprint density at radius 2 is 1.53 bits per heavy atom. The number of hydrogen-bond acceptors (Lipinski definition) is 4. The van der Waals surface area contributed by atoms with E-state index in [0.717, 1.165) is 41.8 Å². The lowest BCUT2D eigenvalue weighted by Gasteiger charge is -2.41. The fourth-order valence-electron chi connectivity index (χ4n) is 3.99. The van der Waals surface area contributed by atoms with Gasteiger partial charge in [-0.25, -0.2) is 8.42 Å². The number of sulfone groups is 1. The lowest BCUT2D eigenvalue weighted by Crippen LogP contribution is -2.43. The van der Waals surface area contributed by atoms with Crippen LogP contribution in [0.5, 0.6) is 0 Å². The normalized spacial score (nSPS) is 17.6. The molecule has 7 heteroatoms. The van der Waals surface area contributed by atoms with Crippen molar-refractivity contribution in [3.63, 3.8) is 0 Å². The van der Waals surface area contributed by atoms with Gasteiger partial charge < -0.3 is 5.32 Å². The molecule has 0 saturated carbocycles. The Hall–Kier alpha value is -1.63. The van der Waals surface area contributed by atoms with Gasteiger partial charge in [-0.15, -0.1) is 0 Å². The Morgan fingerprint density at radius 3 is 2.03 bits per heavy atom. The molecule has 0 atom stereocenters. The first-order chi connectivity index (χ1) is 14.4. The lowest BCUT2D eigenvalue weighted by atomic mass is 9.93. The standard InChI is InChI=1S/C23H24Cl2N2O2S/c24-21-5-1-19(2-6-21)23(20-3-7-22(25)8-4-20)27-13-18(14-27)16-30(28,29)15-17-9-11-26-12-10-17/h1-9,16,23,26H,10-15H2. The summed E-state index contributed by atoms with van der Waals surface area (Å²) < 4.78 is 25.2. The highest BCUT2D eigenvalue weighted by atomic mass is 35.5. The van der Waals surface area contributed by atoms with E-state index in [0.29, 0.717) is 23.1 Å². The summed E-state index contributed by atoms with van der Waals surface area (Å²) in [5.74, 6) is 0.121. The molecule has 1 saturated heterocycles. The number of halogens is 2. The molecule has 0 aliphatic carbocycles. The van der Waals surface area contributed by atoms with Crippen LogP contribution in [0.1, 0.15) is 23.6 Å². The van der Waals surface area contributed by atoms with Gasteiger partial charge in [0, 0.05) is 35.1 Å². The molecule has 0 radical (unpaired) electrons. The van der Waals surface area contributed by atoms with Gasteiger partial charge in [-0.05, 0) is 53.9 Å². The van der Waals surface area contributed by atoms with Crippen molar-refractivity contribution in [3.05, 3.63) is 92.3 Å². The highest BCUT2D eigenvalue weighted by molar-refractivity contribution is 7.94. The Labute approximate surface area is 188 Å². The van der Waals surface area contributed by atoms with E-state index in [1.54, 1.807) is 0 Å². The Balaban J connectivity index is 1.51. The van der Waals surface area contributed by atoms with Gasteiger partial charge in [0.15, 0.2) is 9.84 Å². The van der Waals surface area contributed by atoms with E-state index in [4.69, 9.17) is 23.2 Å². The van der Waals surface area contributed by atoms with E-state index in [-0.39, 0.29) is 11.8 Å². The first-order valence-corrected chi connectivity index (χ1v) is 12.4. The predicted molar refractivity (Wildman–Crippen MR) is 124 cm³/mol. The van der Waals surface area contributed by atoms with Crippen LogP contribution >= 0.6 is 23.2 Å². The van der Waals surface area contributed by atoms with Crippen LogP contribution in [-0.2, 0) is 9.84 Å². The average molecular weight is 463 g/mol. The highest BCUT2D eigenvalue weighted by Crippen LogP contribution is 2.35. The van der Waals surface area contributed by atoms with Crippen LogP contribution in [0.15, 0.2) is 71.2 Å². The van der Waals surface area contributed by atoms with Crippen molar-refractivity contribution in [2.45, 2.75) is 12.5 Å². The van der Waals surface area contributed by atoms with Gasteiger partial charge in [0.25, 0.3) is 0 Å². The van der Waals surface area contributed by atoms with Crippen molar-refractivity contribution < 1.29 is 8.42 Å². The molecule has 0 amide bonds. The van der Waals surface area contributed by atoms with E-state index in [9.17, 15) is 8.42 Å². The summed E-state index contributed by atoms with van der Waals surface area (Å²) in [5, 5.41) is 6.07. The van der Waals surface area contributed by atoms with Crippen molar-refractivity contribution in [3.8, 4) is 0 Å². The quantitative estimate of drug-likeness (QED) is 0.636. The zero-order chi connectivity index (χ0) is 21.1. The van der Waals surface area contributed by atoms with Gasteiger partial charge in [-0.2, -0.15) is 0 Å². The molecule has 158 valence electrons. The van der Waals surface area contributed by atoms with Gasteiger partial charge in [-0.3, -0.25) is 4.90 Å². The second kappa shape index (κ2) is 9.25. The van der Waals surface area contributed by atoms with Gasteiger partial charge >= 0.3 is 0 Å². The molecule has 0 aromatic heterocycles. The summed E-state index contributed by atoms with van der Waals surface area (Å²) in [6.07, 6.45) is 2.79. The number of nitrogens with one attached hydrogen (secondary N) is 1. The minimum absolute atomic E-state index is 0.0199. The third-order valence-corrected chi connectivity index (χ3v) is 7.41. The van der Waals surface area contributed by atoms with Crippen molar-refractivity contribution in [2.24, 2.45) is 0 Å². The first kappa shape index (κ1) is 21.6. The van der Waals surface area contributed by atoms with Gasteiger partial charge in [0.05, 0.1) is 11.8 Å². The first-order valence-electron chi connectivity index (χ1n) is 9.95. The smallest absolute Gasteiger partial charge is 0.175 e.